The highest BCUT2D eigenvalue weighted by atomic mass is 16.2. The summed E-state index contributed by atoms with van der Waals surface area (Å²) in [7, 11) is 0. The minimum absolute atomic E-state index is 0.583. The molecule has 0 unspecified atom stereocenters. The molecule has 0 atom stereocenters. The Labute approximate surface area is 31.9 Å². The van der Waals surface area contributed by atoms with E-state index >= 15 is 0 Å². The fraction of sp³-hybridized carbons (Fsp3) is 0.250. The predicted molar refractivity (Wildman–Crippen MR) is 21.0 cm³/mol. The molecule has 0 aliphatic carbocycles. The fourth-order valence-electron chi connectivity index (χ4n) is 0.0745. The number of hydrogen-bond donors (Lipinski definition) is 1. The summed E-state index contributed by atoms with van der Waals surface area (Å²) < 4.78 is 0. The molecule has 0 aromatic carbocycles. The van der Waals surface area contributed by atoms with E-state index in [0.29, 0.717) is 6.42 Å². The van der Waals surface area contributed by atoms with E-state index in [9.17, 15) is 0 Å². The number of aliphatic hydroxyl groups excluding tert-OH is 1. The standard InChI is InChI=1S/C4H7O/c1-2-3-4-5/h2,4-5H,1,3H2. The van der Waals surface area contributed by atoms with Crippen LogP contribution in [0.2, 0.25) is 0 Å². The molecule has 29 valence electrons. The van der Waals surface area contributed by atoms with Crippen molar-refractivity contribution in [2.75, 3.05) is 0 Å². The lowest BCUT2D eigenvalue weighted by Crippen LogP contribution is -1.61. The summed E-state index contributed by atoms with van der Waals surface area (Å²) in [6, 6.07) is 0. The summed E-state index contributed by atoms with van der Waals surface area (Å²) in [5.41, 5.74) is 0. The van der Waals surface area contributed by atoms with Crippen LogP contribution in [0, 0.1) is 6.61 Å². The molecule has 0 amide bonds. The summed E-state index contributed by atoms with van der Waals surface area (Å²) >= 11 is 0. The normalized spacial score (nSPS) is 7.40. The summed E-state index contributed by atoms with van der Waals surface area (Å²) in [6.45, 7) is 4.42. The topological polar surface area (TPSA) is 20.2 Å². The Morgan fingerprint density at radius 2 is 2.40 bits per heavy atom. The van der Waals surface area contributed by atoms with Crippen molar-refractivity contribution in [1.29, 1.82) is 0 Å². The van der Waals surface area contributed by atoms with E-state index in [4.69, 9.17) is 5.11 Å². The van der Waals surface area contributed by atoms with Crippen molar-refractivity contribution in [3.8, 4) is 0 Å². The van der Waals surface area contributed by atoms with Gasteiger partial charge in [0.15, 0.2) is 0 Å². The van der Waals surface area contributed by atoms with Gasteiger partial charge in [0.25, 0.3) is 0 Å². The van der Waals surface area contributed by atoms with Crippen molar-refractivity contribution in [2.24, 2.45) is 0 Å². The Morgan fingerprint density at radius 1 is 1.80 bits per heavy atom. The van der Waals surface area contributed by atoms with Crippen LogP contribution in [0.4, 0.5) is 0 Å². The van der Waals surface area contributed by atoms with Gasteiger partial charge in [-0.15, -0.1) is 6.58 Å². The Bertz CT molecular complexity index is 24.8. The van der Waals surface area contributed by atoms with Gasteiger partial charge >= 0.3 is 0 Å². The molecular formula is C4H7O. The van der Waals surface area contributed by atoms with E-state index in [1.807, 2.05) is 0 Å². The summed E-state index contributed by atoms with van der Waals surface area (Å²) in [6.07, 6.45) is 2.21. The van der Waals surface area contributed by atoms with Crippen molar-refractivity contribution in [3.63, 3.8) is 0 Å². The molecule has 1 N–H and O–H groups in total. The smallest absolute Gasteiger partial charge is 0.0836 e. The van der Waals surface area contributed by atoms with Crippen molar-refractivity contribution in [2.45, 2.75) is 6.42 Å². The second-order valence-corrected chi connectivity index (χ2v) is 0.707. The number of hydrogen-bond acceptors (Lipinski definition) is 1. The molecule has 0 saturated carbocycles. The van der Waals surface area contributed by atoms with Crippen LogP contribution in [0.25, 0.3) is 0 Å². The van der Waals surface area contributed by atoms with Crippen LogP contribution in [0.15, 0.2) is 12.7 Å². The van der Waals surface area contributed by atoms with Crippen LogP contribution in [0.1, 0.15) is 6.42 Å². The van der Waals surface area contributed by atoms with Crippen LogP contribution in [-0.4, -0.2) is 5.11 Å². The van der Waals surface area contributed by atoms with Crippen LogP contribution >= 0.6 is 0 Å². The van der Waals surface area contributed by atoms with E-state index in [1.54, 1.807) is 6.08 Å². The van der Waals surface area contributed by atoms with Gasteiger partial charge in [-0.25, -0.2) is 0 Å². The first-order valence-electron chi connectivity index (χ1n) is 1.48. The first-order valence-corrected chi connectivity index (χ1v) is 1.48. The van der Waals surface area contributed by atoms with Gasteiger partial charge in [0.05, 0.1) is 6.61 Å². The predicted octanol–water partition coefficient (Wildman–Crippen LogP) is 1.10. The molecular weight excluding hydrogens is 64.0 g/mol. The van der Waals surface area contributed by atoms with E-state index in [2.05, 4.69) is 6.58 Å². The summed E-state index contributed by atoms with van der Waals surface area (Å²) in [5, 5.41) is 7.87. The van der Waals surface area contributed by atoms with Crippen LogP contribution in [0.3, 0.4) is 0 Å². The highest BCUT2D eigenvalue weighted by molar-refractivity contribution is 4.69. The lowest BCUT2D eigenvalue weighted by molar-refractivity contribution is 0.388. The highest BCUT2D eigenvalue weighted by Gasteiger charge is 1.64. The molecule has 1 heteroatoms. The second-order valence-electron chi connectivity index (χ2n) is 0.707. The third-order valence-electron chi connectivity index (χ3n) is 0.272. The van der Waals surface area contributed by atoms with Crippen molar-refractivity contribution in [1.82, 2.24) is 0 Å². The van der Waals surface area contributed by atoms with Crippen molar-refractivity contribution in [3.05, 3.63) is 19.3 Å². The third-order valence-corrected chi connectivity index (χ3v) is 0.272. The molecule has 1 radical (unpaired) electrons. The zero-order valence-electron chi connectivity index (χ0n) is 3.02. The van der Waals surface area contributed by atoms with Crippen LogP contribution in [0.5, 0.6) is 0 Å². The average Bonchev–Trinajstić information content (AvgIpc) is 1.41. The molecule has 0 spiro atoms. The van der Waals surface area contributed by atoms with Gasteiger partial charge in [-0.2, -0.15) is 0 Å². The summed E-state index contributed by atoms with van der Waals surface area (Å²) in [4.78, 5) is 0. The van der Waals surface area contributed by atoms with Crippen LogP contribution in [-0.2, 0) is 0 Å². The zero-order chi connectivity index (χ0) is 4.12. The van der Waals surface area contributed by atoms with Gasteiger partial charge in [0, 0.05) is 0 Å². The molecule has 0 aromatic rings. The molecule has 0 aromatic heterocycles. The molecule has 1 nitrogen and oxygen atoms in total. The Morgan fingerprint density at radius 3 is 2.40 bits per heavy atom. The van der Waals surface area contributed by atoms with Crippen LogP contribution < -0.4 is 0 Å². The maximum Gasteiger partial charge on any atom is 0.0836 e. The van der Waals surface area contributed by atoms with E-state index in [0.717, 1.165) is 6.61 Å². The fourth-order valence-corrected chi connectivity index (χ4v) is 0.0745. The maximum absolute atomic E-state index is 7.87. The SMILES string of the molecule is C=CC[CH]O. The quantitative estimate of drug-likeness (QED) is 0.483. The third kappa shape index (κ3) is 3.70. The van der Waals surface area contributed by atoms with Gasteiger partial charge in [-0.3, -0.25) is 0 Å². The zero-order valence-corrected chi connectivity index (χ0v) is 3.02. The lowest BCUT2D eigenvalue weighted by Gasteiger charge is -1.72. The molecule has 5 heavy (non-hydrogen) atoms. The van der Waals surface area contributed by atoms with Gasteiger partial charge in [-0.05, 0) is 6.42 Å². The molecule has 0 heterocycles. The molecule has 0 aliphatic rings. The number of rotatable bonds is 2. The second kappa shape index (κ2) is 3.70. The largest absolute Gasteiger partial charge is 0.390 e. The first-order chi connectivity index (χ1) is 2.41. The minimum atomic E-state index is 0.583. The van der Waals surface area contributed by atoms with E-state index in [-0.39, 0.29) is 0 Å². The van der Waals surface area contributed by atoms with E-state index in [1.165, 1.54) is 0 Å². The molecule has 0 bridgehead atoms. The lowest BCUT2D eigenvalue weighted by atomic mass is 10.5. The molecule has 0 saturated heterocycles. The van der Waals surface area contributed by atoms with Crippen molar-refractivity contribution < 1.29 is 5.11 Å². The minimum Gasteiger partial charge on any atom is -0.390 e. The summed E-state index contributed by atoms with van der Waals surface area (Å²) in [5.74, 6) is 0. The highest BCUT2D eigenvalue weighted by Crippen LogP contribution is 1.76. The maximum atomic E-state index is 7.87. The van der Waals surface area contributed by atoms with E-state index < -0.39 is 0 Å². The van der Waals surface area contributed by atoms with Gasteiger partial charge < -0.3 is 5.11 Å². The molecule has 0 aliphatic heterocycles. The van der Waals surface area contributed by atoms with Crippen molar-refractivity contribution >= 4 is 0 Å². The average molecular weight is 71.1 g/mol. The monoisotopic (exact) mass is 71.0 g/mol. The number of aliphatic hydroxyl groups is 1. The molecule has 0 rings (SSSR count). The van der Waals surface area contributed by atoms with Gasteiger partial charge in [0.2, 0.25) is 0 Å². The van der Waals surface area contributed by atoms with Gasteiger partial charge in [-0.1, -0.05) is 6.08 Å². The first kappa shape index (κ1) is 4.70. The Balaban J connectivity index is 2.40. The van der Waals surface area contributed by atoms with Gasteiger partial charge in [0.1, 0.15) is 0 Å². The Kier molecular flexibility index (Phi) is 3.48. The molecule has 0 fully saturated rings. The Hall–Kier alpha value is -0.300.